The minimum absolute atomic E-state index is 0.00805. The maximum Gasteiger partial charge on any atom is 0.320 e. The minimum atomic E-state index is -0.904. The fourth-order valence-electron chi connectivity index (χ4n) is 0.967. The summed E-state index contributed by atoms with van der Waals surface area (Å²) < 4.78 is 0. The highest BCUT2D eigenvalue weighted by Gasteiger charge is 2.17. The van der Waals surface area contributed by atoms with Crippen LogP contribution in [0.2, 0.25) is 0 Å². The van der Waals surface area contributed by atoms with Gasteiger partial charge in [-0.1, -0.05) is 13.8 Å². The smallest absolute Gasteiger partial charge is 0.320 e. The summed E-state index contributed by atoms with van der Waals surface area (Å²) >= 11 is 0. The second kappa shape index (κ2) is 5.70. The van der Waals surface area contributed by atoms with Crippen molar-refractivity contribution in [3.05, 3.63) is 0 Å². The summed E-state index contributed by atoms with van der Waals surface area (Å²) in [6.45, 7) is 3.63. The van der Waals surface area contributed by atoms with E-state index in [9.17, 15) is 9.59 Å². The molecular formula is C9H17NO3. The third kappa shape index (κ3) is 4.62. The Balaban J connectivity index is 3.85. The number of carbonyl (C=O) groups excluding carboxylic acids is 1. The lowest BCUT2D eigenvalue weighted by molar-refractivity contribution is -0.139. The molecule has 0 saturated carbocycles. The molecule has 0 amide bonds. The lowest BCUT2D eigenvalue weighted by Crippen LogP contribution is -2.34. The summed E-state index contributed by atoms with van der Waals surface area (Å²) in [5, 5.41) is 11.3. The summed E-state index contributed by atoms with van der Waals surface area (Å²) in [4.78, 5) is 21.7. The molecule has 0 aliphatic carbocycles. The third-order valence-electron chi connectivity index (χ3n) is 1.97. The van der Waals surface area contributed by atoms with Crippen molar-refractivity contribution in [2.24, 2.45) is 5.92 Å². The van der Waals surface area contributed by atoms with Crippen molar-refractivity contribution in [2.45, 2.75) is 32.7 Å². The largest absolute Gasteiger partial charge is 0.480 e. The Morgan fingerprint density at radius 2 is 1.92 bits per heavy atom. The van der Waals surface area contributed by atoms with Crippen LogP contribution in [0.3, 0.4) is 0 Å². The Hall–Kier alpha value is -0.900. The van der Waals surface area contributed by atoms with Gasteiger partial charge in [-0.05, 0) is 13.5 Å². The number of likely N-dealkylation sites (N-methyl/N-ethyl adjacent to an activating group) is 1. The summed E-state index contributed by atoms with van der Waals surface area (Å²) in [5.41, 5.74) is 0. The molecule has 0 aliphatic rings. The first-order chi connectivity index (χ1) is 5.99. The fourth-order valence-corrected chi connectivity index (χ4v) is 0.967. The van der Waals surface area contributed by atoms with Crippen LogP contribution >= 0.6 is 0 Å². The number of ketones is 1. The minimum Gasteiger partial charge on any atom is -0.480 e. The molecule has 0 aromatic rings. The van der Waals surface area contributed by atoms with Gasteiger partial charge in [0.2, 0.25) is 0 Å². The standard InChI is InChI=1S/C9H17NO3/c1-6(2)8(11)5-4-7(10-3)9(12)13/h6-7,10H,4-5H2,1-3H3,(H,12,13)/t7-/m1/s1. The molecular weight excluding hydrogens is 170 g/mol. The van der Waals surface area contributed by atoms with E-state index >= 15 is 0 Å². The van der Waals surface area contributed by atoms with Crippen molar-refractivity contribution in [1.29, 1.82) is 0 Å². The van der Waals surface area contributed by atoms with Gasteiger partial charge >= 0.3 is 5.97 Å². The Kier molecular flexibility index (Phi) is 5.30. The van der Waals surface area contributed by atoms with E-state index in [1.807, 2.05) is 13.8 Å². The number of carboxylic acids is 1. The van der Waals surface area contributed by atoms with Crippen molar-refractivity contribution >= 4 is 11.8 Å². The molecule has 0 heterocycles. The van der Waals surface area contributed by atoms with Crippen LogP contribution in [-0.4, -0.2) is 29.9 Å². The monoisotopic (exact) mass is 187 g/mol. The Morgan fingerprint density at radius 1 is 1.38 bits per heavy atom. The van der Waals surface area contributed by atoms with Crippen LogP contribution in [0.1, 0.15) is 26.7 Å². The molecule has 0 spiro atoms. The zero-order valence-electron chi connectivity index (χ0n) is 8.33. The fraction of sp³-hybridized carbons (Fsp3) is 0.778. The average Bonchev–Trinajstić information content (AvgIpc) is 2.04. The van der Waals surface area contributed by atoms with E-state index < -0.39 is 12.0 Å². The molecule has 13 heavy (non-hydrogen) atoms. The molecule has 0 fully saturated rings. The van der Waals surface area contributed by atoms with Crippen molar-refractivity contribution in [3.8, 4) is 0 Å². The van der Waals surface area contributed by atoms with Crippen molar-refractivity contribution in [1.82, 2.24) is 5.32 Å². The Morgan fingerprint density at radius 3 is 2.23 bits per heavy atom. The van der Waals surface area contributed by atoms with E-state index in [1.165, 1.54) is 0 Å². The van der Waals surface area contributed by atoms with Crippen LogP contribution in [-0.2, 0) is 9.59 Å². The number of hydrogen-bond donors (Lipinski definition) is 2. The van der Waals surface area contributed by atoms with Crippen LogP contribution < -0.4 is 5.32 Å². The van der Waals surface area contributed by atoms with Gasteiger partial charge in [0.25, 0.3) is 0 Å². The quantitative estimate of drug-likeness (QED) is 0.641. The number of nitrogens with one attached hydrogen (secondary N) is 1. The topological polar surface area (TPSA) is 66.4 Å². The summed E-state index contributed by atoms with van der Waals surface area (Å²) in [7, 11) is 1.58. The van der Waals surface area contributed by atoms with Gasteiger partial charge in [0.1, 0.15) is 11.8 Å². The van der Waals surface area contributed by atoms with Gasteiger partial charge in [0.15, 0.2) is 0 Å². The summed E-state index contributed by atoms with van der Waals surface area (Å²) in [6.07, 6.45) is 0.693. The molecule has 0 aromatic carbocycles. The van der Waals surface area contributed by atoms with Crippen molar-refractivity contribution < 1.29 is 14.7 Å². The molecule has 0 bridgehead atoms. The second-order valence-electron chi connectivity index (χ2n) is 3.34. The van der Waals surface area contributed by atoms with Gasteiger partial charge in [0, 0.05) is 12.3 Å². The van der Waals surface area contributed by atoms with Crippen LogP contribution in [0, 0.1) is 5.92 Å². The van der Waals surface area contributed by atoms with Gasteiger partial charge in [-0.3, -0.25) is 9.59 Å². The average molecular weight is 187 g/mol. The molecule has 76 valence electrons. The van der Waals surface area contributed by atoms with Crippen LogP contribution in [0.25, 0.3) is 0 Å². The van der Waals surface area contributed by atoms with E-state index in [1.54, 1.807) is 7.05 Å². The van der Waals surface area contributed by atoms with Gasteiger partial charge in [0.05, 0.1) is 0 Å². The maximum absolute atomic E-state index is 11.2. The van der Waals surface area contributed by atoms with Crippen LogP contribution in [0.15, 0.2) is 0 Å². The molecule has 0 rings (SSSR count). The summed E-state index contributed by atoms with van der Waals surface area (Å²) in [6, 6.07) is -0.609. The molecule has 0 aromatic heterocycles. The highest BCUT2D eigenvalue weighted by Crippen LogP contribution is 2.04. The molecule has 0 saturated heterocycles. The zero-order chi connectivity index (χ0) is 10.4. The number of carboxylic acid groups (broad SMARTS) is 1. The van der Waals surface area contributed by atoms with Crippen molar-refractivity contribution in [2.75, 3.05) is 7.05 Å². The van der Waals surface area contributed by atoms with E-state index in [4.69, 9.17) is 5.11 Å². The van der Waals surface area contributed by atoms with Gasteiger partial charge in [-0.2, -0.15) is 0 Å². The second-order valence-corrected chi connectivity index (χ2v) is 3.34. The molecule has 4 heteroatoms. The lowest BCUT2D eigenvalue weighted by Gasteiger charge is -2.10. The predicted molar refractivity (Wildman–Crippen MR) is 49.6 cm³/mol. The first kappa shape index (κ1) is 12.1. The number of hydrogen-bond acceptors (Lipinski definition) is 3. The van der Waals surface area contributed by atoms with E-state index in [0.717, 1.165) is 0 Å². The number of Topliss-reactive ketones (excluding diaryl/α,β-unsaturated/α-hetero) is 1. The van der Waals surface area contributed by atoms with Crippen molar-refractivity contribution in [3.63, 3.8) is 0 Å². The molecule has 0 radical (unpaired) electrons. The van der Waals surface area contributed by atoms with Crippen LogP contribution in [0.5, 0.6) is 0 Å². The lowest BCUT2D eigenvalue weighted by atomic mass is 10.0. The first-order valence-electron chi connectivity index (χ1n) is 4.41. The maximum atomic E-state index is 11.2. The number of aliphatic carboxylic acids is 1. The molecule has 4 nitrogen and oxygen atoms in total. The van der Waals surface area contributed by atoms with Gasteiger partial charge in [-0.25, -0.2) is 0 Å². The number of rotatable bonds is 6. The first-order valence-corrected chi connectivity index (χ1v) is 4.41. The summed E-state index contributed by atoms with van der Waals surface area (Å²) in [5.74, 6) is -0.799. The predicted octanol–water partition coefficient (Wildman–Crippen LogP) is 0.664. The SMILES string of the molecule is CN[C@H](CCC(=O)C(C)C)C(=O)O. The third-order valence-corrected chi connectivity index (χ3v) is 1.97. The molecule has 2 N–H and O–H groups in total. The van der Waals surface area contributed by atoms with E-state index in [2.05, 4.69) is 5.32 Å². The molecule has 0 unspecified atom stereocenters. The van der Waals surface area contributed by atoms with E-state index in [-0.39, 0.29) is 11.7 Å². The normalized spacial score (nSPS) is 12.9. The highest BCUT2D eigenvalue weighted by molar-refractivity contribution is 5.81. The highest BCUT2D eigenvalue weighted by atomic mass is 16.4. The van der Waals surface area contributed by atoms with Gasteiger partial charge in [-0.15, -0.1) is 0 Å². The Labute approximate surface area is 78.3 Å². The van der Waals surface area contributed by atoms with Gasteiger partial charge < -0.3 is 10.4 Å². The zero-order valence-corrected chi connectivity index (χ0v) is 8.33. The molecule has 0 aliphatic heterocycles. The van der Waals surface area contributed by atoms with E-state index in [0.29, 0.717) is 12.8 Å². The molecule has 1 atom stereocenters. The van der Waals surface area contributed by atoms with Crippen LogP contribution in [0.4, 0.5) is 0 Å². The Bertz CT molecular complexity index is 189. The number of carbonyl (C=O) groups is 2.